The van der Waals surface area contributed by atoms with Crippen LogP contribution in [0.1, 0.15) is 88.6 Å². The molecule has 44 heavy (non-hydrogen) atoms. The van der Waals surface area contributed by atoms with Gasteiger partial charge in [0.25, 0.3) is 0 Å². The van der Waals surface area contributed by atoms with Crippen LogP contribution in [0.2, 0.25) is 0 Å². The molecule has 0 aliphatic rings. The van der Waals surface area contributed by atoms with Gasteiger partial charge in [0.1, 0.15) is 22.4 Å². The van der Waals surface area contributed by atoms with Gasteiger partial charge < -0.3 is 24.7 Å². The fourth-order valence-electron chi connectivity index (χ4n) is 4.22. The smallest absolute Gasteiger partial charge is 0.320 e. The van der Waals surface area contributed by atoms with Crippen LogP contribution in [0, 0.1) is 0 Å². The zero-order valence-corrected chi connectivity index (χ0v) is 28.9. The standard InChI is InChI=1S/C33H55N3O8/c1-30(2,3)41-26(37)19-35(20-27(38)42-31(4,5)6)18-25(17-23-13-15-24(34)16-14-23)36(21-28(39)43-32(7,8)9)22-29(40)44-33(10,11)12/h13-16,25H,17-22,34H2,1-12H3/t25-/m1/s1. The molecule has 0 aromatic heterocycles. The molecule has 0 amide bonds. The molecule has 0 unspecified atom stereocenters. The Bertz CT molecular complexity index is 1050. The molecule has 11 nitrogen and oxygen atoms in total. The quantitative estimate of drug-likeness (QED) is 0.193. The van der Waals surface area contributed by atoms with Crippen molar-refractivity contribution >= 4 is 29.6 Å². The fourth-order valence-corrected chi connectivity index (χ4v) is 4.22. The monoisotopic (exact) mass is 621 g/mol. The van der Waals surface area contributed by atoms with Crippen molar-refractivity contribution in [3.8, 4) is 0 Å². The van der Waals surface area contributed by atoms with Crippen LogP contribution in [0.5, 0.6) is 0 Å². The number of nitrogen functional groups attached to an aromatic ring is 1. The van der Waals surface area contributed by atoms with E-state index in [0.29, 0.717) is 12.1 Å². The normalized spacial score (nSPS) is 13.4. The Morgan fingerprint density at radius 1 is 0.591 bits per heavy atom. The Kier molecular flexibility index (Phi) is 13.9. The second-order valence-electron chi connectivity index (χ2n) is 15.0. The molecule has 1 rings (SSSR count). The zero-order valence-electron chi connectivity index (χ0n) is 28.9. The average Bonchev–Trinajstić information content (AvgIpc) is 2.74. The van der Waals surface area contributed by atoms with Gasteiger partial charge in [0.15, 0.2) is 0 Å². The number of rotatable bonds is 13. The Labute approximate surface area is 263 Å². The molecule has 1 aromatic rings. The van der Waals surface area contributed by atoms with E-state index in [1.807, 2.05) is 12.1 Å². The van der Waals surface area contributed by atoms with Gasteiger partial charge in [-0.2, -0.15) is 0 Å². The molecule has 0 fully saturated rings. The summed E-state index contributed by atoms with van der Waals surface area (Å²) < 4.78 is 22.3. The minimum absolute atomic E-state index is 0.106. The molecule has 0 radical (unpaired) electrons. The number of benzene rings is 1. The van der Waals surface area contributed by atoms with Gasteiger partial charge in [-0.05, 0) is 107 Å². The number of nitrogens with two attached hydrogens (primary N) is 1. The van der Waals surface area contributed by atoms with Crippen molar-refractivity contribution in [3.63, 3.8) is 0 Å². The maximum Gasteiger partial charge on any atom is 0.320 e. The van der Waals surface area contributed by atoms with Gasteiger partial charge in [0, 0.05) is 18.3 Å². The van der Waals surface area contributed by atoms with E-state index >= 15 is 0 Å². The number of hydrogen-bond acceptors (Lipinski definition) is 11. The first-order valence-corrected chi connectivity index (χ1v) is 15.0. The van der Waals surface area contributed by atoms with Crippen molar-refractivity contribution in [1.82, 2.24) is 9.80 Å². The van der Waals surface area contributed by atoms with E-state index in [1.165, 1.54) is 0 Å². The van der Waals surface area contributed by atoms with E-state index in [0.717, 1.165) is 5.56 Å². The van der Waals surface area contributed by atoms with E-state index in [2.05, 4.69) is 0 Å². The highest BCUT2D eigenvalue weighted by Crippen LogP contribution is 2.18. The first kappa shape index (κ1) is 38.8. The molecule has 0 aliphatic heterocycles. The lowest BCUT2D eigenvalue weighted by Crippen LogP contribution is -2.52. The summed E-state index contributed by atoms with van der Waals surface area (Å²) in [6.45, 7) is 20.3. The predicted octanol–water partition coefficient (Wildman–Crippen LogP) is 4.15. The van der Waals surface area contributed by atoms with E-state index in [4.69, 9.17) is 24.7 Å². The number of carbonyl (C=O) groups excluding carboxylic acids is 4. The van der Waals surface area contributed by atoms with Gasteiger partial charge in [0.05, 0.1) is 26.2 Å². The Morgan fingerprint density at radius 3 is 1.23 bits per heavy atom. The van der Waals surface area contributed by atoms with Crippen molar-refractivity contribution in [2.75, 3.05) is 38.5 Å². The van der Waals surface area contributed by atoms with Crippen molar-refractivity contribution in [2.45, 2.75) is 118 Å². The molecule has 2 N–H and O–H groups in total. The van der Waals surface area contributed by atoms with Crippen molar-refractivity contribution in [3.05, 3.63) is 29.8 Å². The third kappa shape index (κ3) is 18.5. The van der Waals surface area contributed by atoms with E-state index in [9.17, 15) is 19.2 Å². The molecule has 0 saturated heterocycles. The Balaban J connectivity index is 3.55. The SMILES string of the molecule is CC(C)(C)OC(=O)CN(CC(=O)OC(C)(C)C)C[C@@H](Cc1ccc(N)cc1)N(CC(=O)OC(C)(C)C)CC(=O)OC(C)(C)C. The molecular formula is C33H55N3O8. The minimum Gasteiger partial charge on any atom is -0.459 e. The van der Waals surface area contributed by atoms with Crippen LogP contribution in [-0.4, -0.2) is 94.8 Å². The second-order valence-corrected chi connectivity index (χ2v) is 15.0. The molecule has 1 atom stereocenters. The highest BCUT2D eigenvalue weighted by atomic mass is 16.6. The molecule has 11 heteroatoms. The number of esters is 4. The molecule has 1 aromatic carbocycles. The highest BCUT2D eigenvalue weighted by molar-refractivity contribution is 5.76. The first-order valence-electron chi connectivity index (χ1n) is 15.0. The number of carbonyl (C=O) groups is 4. The van der Waals surface area contributed by atoms with Crippen LogP contribution in [0.4, 0.5) is 5.69 Å². The predicted molar refractivity (Wildman–Crippen MR) is 170 cm³/mol. The van der Waals surface area contributed by atoms with Crippen molar-refractivity contribution < 1.29 is 38.1 Å². The van der Waals surface area contributed by atoms with Crippen LogP contribution in [0.15, 0.2) is 24.3 Å². The van der Waals surface area contributed by atoms with Crippen LogP contribution in [0.25, 0.3) is 0 Å². The highest BCUT2D eigenvalue weighted by Gasteiger charge is 2.32. The molecule has 0 bridgehead atoms. The van der Waals surface area contributed by atoms with Crippen molar-refractivity contribution in [2.24, 2.45) is 0 Å². The summed E-state index contributed by atoms with van der Waals surface area (Å²) >= 11 is 0. The van der Waals surface area contributed by atoms with Crippen LogP contribution in [0.3, 0.4) is 0 Å². The second kappa shape index (κ2) is 15.7. The van der Waals surface area contributed by atoms with Gasteiger partial charge in [-0.3, -0.25) is 29.0 Å². The number of hydrogen-bond donors (Lipinski definition) is 1. The lowest BCUT2D eigenvalue weighted by Gasteiger charge is -2.36. The molecule has 0 heterocycles. The van der Waals surface area contributed by atoms with Gasteiger partial charge in [-0.25, -0.2) is 0 Å². The summed E-state index contributed by atoms with van der Waals surface area (Å²) in [5, 5.41) is 0. The van der Waals surface area contributed by atoms with E-state index < -0.39 is 52.3 Å². The summed E-state index contributed by atoms with van der Waals surface area (Å²) in [6, 6.07) is 6.68. The summed E-state index contributed by atoms with van der Waals surface area (Å²) in [6.07, 6.45) is 0.352. The van der Waals surface area contributed by atoms with Gasteiger partial charge in [-0.1, -0.05) is 12.1 Å². The van der Waals surface area contributed by atoms with Crippen LogP contribution in [-0.2, 0) is 44.5 Å². The number of ether oxygens (including phenoxy) is 4. The third-order valence-electron chi connectivity index (χ3n) is 5.49. The molecule has 250 valence electrons. The molecule has 0 spiro atoms. The van der Waals surface area contributed by atoms with Crippen molar-refractivity contribution in [1.29, 1.82) is 0 Å². The van der Waals surface area contributed by atoms with Gasteiger partial charge in [-0.15, -0.1) is 0 Å². The first-order chi connectivity index (χ1) is 19.8. The topological polar surface area (TPSA) is 138 Å². The summed E-state index contributed by atoms with van der Waals surface area (Å²) in [5.74, 6) is -2.13. The summed E-state index contributed by atoms with van der Waals surface area (Å²) in [4.78, 5) is 55.4. The van der Waals surface area contributed by atoms with Gasteiger partial charge in [0.2, 0.25) is 0 Å². The third-order valence-corrected chi connectivity index (χ3v) is 5.49. The Hall–Kier alpha value is -3.18. The molecular weight excluding hydrogens is 566 g/mol. The fraction of sp³-hybridized carbons (Fsp3) is 0.697. The number of nitrogens with zero attached hydrogens (tertiary/aromatic N) is 2. The molecule has 0 saturated carbocycles. The van der Waals surface area contributed by atoms with Gasteiger partial charge >= 0.3 is 23.9 Å². The molecule has 0 aliphatic carbocycles. The van der Waals surface area contributed by atoms with Crippen LogP contribution >= 0.6 is 0 Å². The zero-order chi connectivity index (χ0) is 34.1. The van der Waals surface area contributed by atoms with E-state index in [1.54, 1.807) is 105 Å². The lowest BCUT2D eigenvalue weighted by molar-refractivity contribution is -0.165. The summed E-state index contributed by atoms with van der Waals surface area (Å²) in [5.41, 5.74) is 4.39. The number of anilines is 1. The summed E-state index contributed by atoms with van der Waals surface area (Å²) in [7, 11) is 0. The van der Waals surface area contributed by atoms with Crippen LogP contribution < -0.4 is 5.73 Å². The lowest BCUT2D eigenvalue weighted by atomic mass is 10.0. The maximum atomic E-state index is 13.1. The Morgan fingerprint density at radius 2 is 0.909 bits per heavy atom. The van der Waals surface area contributed by atoms with E-state index in [-0.39, 0.29) is 32.7 Å². The maximum absolute atomic E-state index is 13.1. The average molecular weight is 622 g/mol. The largest absolute Gasteiger partial charge is 0.459 e. The minimum atomic E-state index is -0.749.